The van der Waals surface area contributed by atoms with Gasteiger partial charge in [-0.3, -0.25) is 0 Å². The molecule has 2 bridgehead atoms. The normalized spacial score (nSPS) is 50.7. The lowest BCUT2D eigenvalue weighted by molar-refractivity contribution is 0.245. The predicted molar refractivity (Wildman–Crippen MR) is 40.0 cm³/mol. The second-order valence-electron chi connectivity index (χ2n) is 3.62. The Bertz CT molecular complexity index is 226. The lowest BCUT2D eigenvalue weighted by Crippen LogP contribution is -2.36. The largest absolute Gasteiger partial charge is 0.333 e. The third-order valence-electron chi connectivity index (χ3n) is 3.05. The molecule has 4 unspecified atom stereocenters. The first-order valence-corrected chi connectivity index (χ1v) is 4.10. The van der Waals surface area contributed by atoms with Crippen molar-refractivity contribution in [1.29, 1.82) is 0 Å². The lowest BCUT2D eigenvalue weighted by atomic mass is 9.98. The number of amides is 2. The predicted octanol–water partition coefficient (Wildman–Crippen LogP) is 0.242. The van der Waals surface area contributed by atoms with E-state index in [9.17, 15) is 4.79 Å². The van der Waals surface area contributed by atoms with Crippen molar-refractivity contribution in [2.75, 3.05) is 0 Å². The molecule has 2 N–H and O–H groups in total. The molecule has 0 aromatic rings. The Balaban J connectivity index is 1.97. The summed E-state index contributed by atoms with van der Waals surface area (Å²) in [5.41, 5.74) is 0. The standard InChI is InChI=1S/C8H10N2O/c11-8-9-6-4-1-2-5(3-4)7(6)10-8/h1-2,4-7H,3H2,(H2,9,10,11). The van der Waals surface area contributed by atoms with Crippen molar-refractivity contribution in [2.45, 2.75) is 18.5 Å². The van der Waals surface area contributed by atoms with Gasteiger partial charge < -0.3 is 10.6 Å². The first-order chi connectivity index (χ1) is 5.34. The van der Waals surface area contributed by atoms with E-state index in [0.717, 1.165) is 0 Å². The summed E-state index contributed by atoms with van der Waals surface area (Å²) < 4.78 is 0. The van der Waals surface area contributed by atoms with Crippen LogP contribution in [0.15, 0.2) is 12.2 Å². The van der Waals surface area contributed by atoms with Gasteiger partial charge >= 0.3 is 6.03 Å². The number of fused-ring (bicyclic) bond motifs is 5. The smallest absolute Gasteiger partial charge is 0.315 e. The molecule has 3 nitrogen and oxygen atoms in total. The zero-order valence-electron chi connectivity index (χ0n) is 6.08. The molecule has 58 valence electrons. The Morgan fingerprint density at radius 3 is 2.27 bits per heavy atom. The van der Waals surface area contributed by atoms with Gasteiger partial charge in [0.05, 0.1) is 12.1 Å². The summed E-state index contributed by atoms with van der Waals surface area (Å²) in [6.07, 6.45) is 5.70. The first-order valence-electron chi connectivity index (χ1n) is 4.10. The number of rotatable bonds is 0. The van der Waals surface area contributed by atoms with E-state index in [1.165, 1.54) is 6.42 Å². The van der Waals surface area contributed by atoms with Crippen LogP contribution in [0.3, 0.4) is 0 Å². The maximum Gasteiger partial charge on any atom is 0.315 e. The second kappa shape index (κ2) is 1.60. The molecule has 2 aliphatic carbocycles. The molecule has 3 rings (SSSR count). The van der Waals surface area contributed by atoms with Gasteiger partial charge in [-0.05, 0) is 18.3 Å². The second-order valence-corrected chi connectivity index (χ2v) is 3.62. The summed E-state index contributed by atoms with van der Waals surface area (Å²) >= 11 is 0. The zero-order valence-corrected chi connectivity index (χ0v) is 6.08. The minimum Gasteiger partial charge on any atom is -0.333 e. The van der Waals surface area contributed by atoms with E-state index >= 15 is 0 Å². The van der Waals surface area contributed by atoms with Crippen molar-refractivity contribution in [3.05, 3.63) is 12.2 Å². The molecule has 1 saturated carbocycles. The molecule has 11 heavy (non-hydrogen) atoms. The van der Waals surface area contributed by atoms with Gasteiger partial charge in [-0.25, -0.2) is 4.79 Å². The molecule has 1 saturated heterocycles. The third-order valence-corrected chi connectivity index (χ3v) is 3.05. The van der Waals surface area contributed by atoms with Crippen LogP contribution in [0.4, 0.5) is 4.79 Å². The number of hydrogen-bond donors (Lipinski definition) is 2. The van der Waals surface area contributed by atoms with Gasteiger partial charge in [-0.2, -0.15) is 0 Å². The number of carbonyl (C=O) groups excluding carboxylic acids is 1. The molecule has 0 spiro atoms. The van der Waals surface area contributed by atoms with E-state index < -0.39 is 0 Å². The van der Waals surface area contributed by atoms with Crippen molar-refractivity contribution in [3.8, 4) is 0 Å². The molecule has 0 aromatic heterocycles. The zero-order chi connectivity index (χ0) is 7.42. The maximum absolute atomic E-state index is 10.9. The molecule has 2 fully saturated rings. The molecule has 3 aliphatic rings. The minimum atomic E-state index is 0.0124. The van der Waals surface area contributed by atoms with E-state index in [0.29, 0.717) is 23.9 Å². The third kappa shape index (κ3) is 0.564. The van der Waals surface area contributed by atoms with Gasteiger partial charge in [0.2, 0.25) is 0 Å². The Kier molecular flexibility index (Phi) is 0.819. The summed E-state index contributed by atoms with van der Waals surface area (Å²) in [7, 11) is 0. The molecule has 3 heteroatoms. The van der Waals surface area contributed by atoms with Crippen LogP contribution < -0.4 is 10.6 Å². The summed E-state index contributed by atoms with van der Waals surface area (Å²) in [5, 5.41) is 5.89. The topological polar surface area (TPSA) is 41.1 Å². The van der Waals surface area contributed by atoms with Crippen LogP contribution in [0.25, 0.3) is 0 Å². The fourth-order valence-electron chi connectivity index (χ4n) is 2.56. The highest BCUT2D eigenvalue weighted by Gasteiger charge is 2.49. The van der Waals surface area contributed by atoms with Crippen LogP contribution in [0.1, 0.15) is 6.42 Å². The van der Waals surface area contributed by atoms with Crippen molar-refractivity contribution in [2.24, 2.45) is 11.8 Å². The molecular weight excluding hydrogens is 140 g/mol. The lowest BCUT2D eigenvalue weighted by Gasteiger charge is -2.17. The number of urea groups is 1. The Hall–Kier alpha value is -0.990. The van der Waals surface area contributed by atoms with Crippen LogP contribution in [0.2, 0.25) is 0 Å². The van der Waals surface area contributed by atoms with Crippen LogP contribution in [-0.4, -0.2) is 18.1 Å². The molecule has 0 radical (unpaired) electrons. The highest BCUT2D eigenvalue weighted by atomic mass is 16.2. The van der Waals surface area contributed by atoms with Crippen LogP contribution in [0.5, 0.6) is 0 Å². The SMILES string of the molecule is O=C1NC2C3C=CC(C3)C2N1. The summed E-state index contributed by atoms with van der Waals surface area (Å²) in [5.74, 6) is 1.20. The average molecular weight is 150 g/mol. The van der Waals surface area contributed by atoms with Gasteiger partial charge in [0.25, 0.3) is 0 Å². The van der Waals surface area contributed by atoms with Gasteiger partial charge in [0.15, 0.2) is 0 Å². The van der Waals surface area contributed by atoms with E-state index in [2.05, 4.69) is 22.8 Å². The van der Waals surface area contributed by atoms with Gasteiger partial charge in [-0.15, -0.1) is 0 Å². The minimum absolute atomic E-state index is 0.0124. The summed E-state index contributed by atoms with van der Waals surface area (Å²) in [4.78, 5) is 10.9. The van der Waals surface area contributed by atoms with Gasteiger partial charge in [-0.1, -0.05) is 12.2 Å². The van der Waals surface area contributed by atoms with E-state index in [1.807, 2.05) is 0 Å². The van der Waals surface area contributed by atoms with E-state index in [4.69, 9.17) is 0 Å². The maximum atomic E-state index is 10.9. The monoisotopic (exact) mass is 150 g/mol. The molecular formula is C8H10N2O. The van der Waals surface area contributed by atoms with Gasteiger partial charge in [0, 0.05) is 0 Å². The number of nitrogens with one attached hydrogen (secondary N) is 2. The van der Waals surface area contributed by atoms with Gasteiger partial charge in [0.1, 0.15) is 0 Å². The summed E-state index contributed by atoms with van der Waals surface area (Å²) in [6.45, 7) is 0. The fraction of sp³-hybridized carbons (Fsp3) is 0.625. The van der Waals surface area contributed by atoms with E-state index in [1.54, 1.807) is 0 Å². The van der Waals surface area contributed by atoms with Crippen LogP contribution in [-0.2, 0) is 0 Å². The van der Waals surface area contributed by atoms with Crippen LogP contribution in [0, 0.1) is 11.8 Å². The molecule has 0 aromatic carbocycles. The average Bonchev–Trinajstić information content (AvgIpc) is 2.53. The number of carbonyl (C=O) groups is 1. The first kappa shape index (κ1) is 5.63. The highest BCUT2D eigenvalue weighted by Crippen LogP contribution is 2.40. The molecule has 2 amide bonds. The molecule has 1 heterocycles. The van der Waals surface area contributed by atoms with Crippen molar-refractivity contribution in [1.82, 2.24) is 10.6 Å². The highest BCUT2D eigenvalue weighted by molar-refractivity contribution is 5.78. The van der Waals surface area contributed by atoms with Crippen molar-refractivity contribution in [3.63, 3.8) is 0 Å². The molecule has 4 atom stereocenters. The van der Waals surface area contributed by atoms with Crippen molar-refractivity contribution < 1.29 is 4.79 Å². The fourth-order valence-corrected chi connectivity index (χ4v) is 2.56. The summed E-state index contributed by atoms with van der Waals surface area (Å²) in [6, 6.07) is 0.786. The quantitative estimate of drug-likeness (QED) is 0.477. The van der Waals surface area contributed by atoms with E-state index in [-0.39, 0.29) is 6.03 Å². The van der Waals surface area contributed by atoms with Crippen LogP contribution >= 0.6 is 0 Å². The number of hydrogen-bond acceptors (Lipinski definition) is 1. The Morgan fingerprint density at radius 1 is 1.18 bits per heavy atom. The Labute approximate surface area is 64.8 Å². The van der Waals surface area contributed by atoms with Crippen molar-refractivity contribution >= 4 is 6.03 Å². The Morgan fingerprint density at radius 2 is 1.73 bits per heavy atom. The molecule has 1 aliphatic heterocycles.